The lowest BCUT2D eigenvalue weighted by Gasteiger charge is -2.30. The summed E-state index contributed by atoms with van der Waals surface area (Å²) in [4.78, 5) is 10.7. The quantitative estimate of drug-likeness (QED) is 0.174. The molecule has 2 aromatic heterocycles. The highest BCUT2D eigenvalue weighted by molar-refractivity contribution is 6.12. The van der Waals surface area contributed by atoms with E-state index in [9.17, 15) is 0 Å². The Labute approximate surface area is 359 Å². The van der Waals surface area contributed by atoms with E-state index >= 15 is 0 Å². The first kappa shape index (κ1) is 34.7. The number of nitrogens with zero attached hydrogens (tertiary/aromatic N) is 2. The van der Waals surface area contributed by atoms with Gasteiger partial charge in [0.2, 0.25) is 5.71 Å². The summed E-state index contributed by atoms with van der Waals surface area (Å²) >= 11 is 0. The number of hydrogen-bond acceptors (Lipinski definition) is 3. The maximum Gasteiger partial charge on any atom is 0.231 e. The van der Waals surface area contributed by atoms with E-state index in [1.807, 2.05) is 6.07 Å². The molecule has 0 unspecified atom stereocenters. The molecule has 9 aromatic carbocycles. The van der Waals surface area contributed by atoms with Crippen molar-refractivity contribution in [1.82, 2.24) is 9.97 Å². The number of fused-ring (bicyclic) bond motifs is 13. The van der Waals surface area contributed by atoms with E-state index < -0.39 is 5.41 Å². The highest BCUT2D eigenvalue weighted by atomic mass is 16.3. The molecule has 0 bridgehead atoms. The van der Waals surface area contributed by atoms with E-state index in [0.29, 0.717) is 11.5 Å². The van der Waals surface area contributed by atoms with Crippen LogP contribution in [0.15, 0.2) is 223 Å². The van der Waals surface area contributed by atoms with Crippen LogP contribution in [0.1, 0.15) is 22.3 Å². The predicted octanol–water partition coefficient (Wildman–Crippen LogP) is 15.1. The average Bonchev–Trinajstić information content (AvgIpc) is 3.98. The van der Waals surface area contributed by atoms with Gasteiger partial charge in [-0.1, -0.05) is 188 Å². The van der Waals surface area contributed by atoms with E-state index in [-0.39, 0.29) is 0 Å². The molecule has 288 valence electrons. The van der Waals surface area contributed by atoms with Crippen molar-refractivity contribution in [2.75, 3.05) is 0 Å². The summed E-state index contributed by atoms with van der Waals surface area (Å²) in [6.45, 7) is 0. The Morgan fingerprint density at radius 2 is 0.839 bits per heavy atom. The Balaban J connectivity index is 1.03. The van der Waals surface area contributed by atoms with Crippen molar-refractivity contribution >= 4 is 22.1 Å². The maximum absolute atomic E-state index is 6.75. The first-order chi connectivity index (χ1) is 30.7. The second-order valence-electron chi connectivity index (χ2n) is 16.4. The summed E-state index contributed by atoms with van der Waals surface area (Å²) in [7, 11) is 0. The molecular formula is C59H36N2O. The van der Waals surface area contributed by atoms with Crippen molar-refractivity contribution in [3.8, 4) is 78.3 Å². The highest BCUT2D eigenvalue weighted by Crippen LogP contribution is 2.64. The van der Waals surface area contributed by atoms with Crippen LogP contribution in [0.5, 0.6) is 0 Å². The fourth-order valence-corrected chi connectivity index (χ4v) is 10.5. The topological polar surface area (TPSA) is 38.9 Å². The van der Waals surface area contributed by atoms with Gasteiger partial charge in [-0.15, -0.1) is 0 Å². The first-order valence-corrected chi connectivity index (χ1v) is 21.2. The molecular weight excluding hydrogens is 753 g/mol. The molecule has 0 fully saturated rings. The average molecular weight is 789 g/mol. The van der Waals surface area contributed by atoms with Gasteiger partial charge in [0.05, 0.1) is 16.5 Å². The van der Waals surface area contributed by atoms with Crippen molar-refractivity contribution in [2.24, 2.45) is 0 Å². The van der Waals surface area contributed by atoms with Gasteiger partial charge in [-0.05, 0) is 108 Å². The molecule has 0 saturated carbocycles. The van der Waals surface area contributed by atoms with Crippen molar-refractivity contribution in [3.05, 3.63) is 241 Å². The Morgan fingerprint density at radius 3 is 1.47 bits per heavy atom. The van der Waals surface area contributed by atoms with Gasteiger partial charge < -0.3 is 4.42 Å². The fraction of sp³-hybridized carbons (Fsp3) is 0.0169. The summed E-state index contributed by atoms with van der Waals surface area (Å²) in [6, 6.07) is 78.5. The lowest BCUT2D eigenvalue weighted by Crippen LogP contribution is -2.25. The standard InChI is InChI=1S/C59H36N2O/c1-4-17-37(18-5-1)41-33-42(38-19-6-2-7-20-38)35-43(34-41)57-60-56(39-21-8-3-9-22-39)55-48-36-40(31-32-53(48)62-58(55)61-57)44-26-16-30-52-54(44)47-25-12-15-29-51(47)59(52)49-27-13-10-23-45(49)46-24-11-14-28-50(46)59/h1-36H. The van der Waals surface area contributed by atoms with E-state index in [4.69, 9.17) is 14.4 Å². The summed E-state index contributed by atoms with van der Waals surface area (Å²) in [5, 5.41) is 1.89. The van der Waals surface area contributed by atoms with Gasteiger partial charge >= 0.3 is 0 Å². The molecule has 0 aliphatic heterocycles. The number of furan rings is 1. The Morgan fingerprint density at radius 1 is 0.339 bits per heavy atom. The molecule has 0 amide bonds. The molecule has 1 spiro atoms. The van der Waals surface area contributed by atoms with Gasteiger partial charge in [0.15, 0.2) is 5.82 Å². The molecule has 3 heteroatoms. The molecule has 3 nitrogen and oxygen atoms in total. The van der Waals surface area contributed by atoms with Gasteiger partial charge in [-0.3, -0.25) is 0 Å². The van der Waals surface area contributed by atoms with Crippen LogP contribution in [0.25, 0.3) is 100 Å². The van der Waals surface area contributed by atoms with Crippen molar-refractivity contribution in [1.29, 1.82) is 0 Å². The zero-order valence-corrected chi connectivity index (χ0v) is 33.6. The molecule has 0 atom stereocenters. The second kappa shape index (κ2) is 13.4. The monoisotopic (exact) mass is 788 g/mol. The summed E-state index contributed by atoms with van der Waals surface area (Å²) in [6.07, 6.45) is 0. The minimum atomic E-state index is -0.412. The SMILES string of the molecule is c1ccc(-c2cc(-c3ccccc3)cc(-c3nc(-c4ccccc4)c4c(n3)oc3ccc(-c5cccc6c5-c5ccccc5C65c6ccccc6-c6ccccc65)cc34)c2)cc1. The van der Waals surface area contributed by atoms with Crippen molar-refractivity contribution in [2.45, 2.75) is 5.41 Å². The van der Waals surface area contributed by atoms with E-state index in [1.54, 1.807) is 0 Å². The maximum atomic E-state index is 6.75. The largest absolute Gasteiger partial charge is 0.438 e. The minimum Gasteiger partial charge on any atom is -0.438 e. The zero-order chi connectivity index (χ0) is 40.8. The third kappa shape index (κ3) is 5.00. The molecule has 13 rings (SSSR count). The van der Waals surface area contributed by atoms with Gasteiger partial charge in [-0.25, -0.2) is 4.98 Å². The fourth-order valence-electron chi connectivity index (χ4n) is 10.5. The molecule has 0 radical (unpaired) electrons. The van der Waals surface area contributed by atoms with Crippen LogP contribution in [-0.2, 0) is 5.41 Å². The van der Waals surface area contributed by atoms with Crippen LogP contribution in [0.3, 0.4) is 0 Å². The van der Waals surface area contributed by atoms with Crippen molar-refractivity contribution < 1.29 is 4.42 Å². The van der Waals surface area contributed by atoms with Gasteiger partial charge in [0.25, 0.3) is 0 Å². The molecule has 0 N–H and O–H groups in total. The van der Waals surface area contributed by atoms with E-state index in [1.165, 1.54) is 50.1 Å². The molecule has 62 heavy (non-hydrogen) atoms. The van der Waals surface area contributed by atoms with Gasteiger partial charge in [0, 0.05) is 16.5 Å². The Bertz CT molecular complexity index is 3470. The van der Waals surface area contributed by atoms with Crippen LogP contribution < -0.4 is 0 Å². The number of hydrogen-bond donors (Lipinski definition) is 0. The smallest absolute Gasteiger partial charge is 0.231 e. The molecule has 2 aliphatic carbocycles. The molecule has 2 aliphatic rings. The lowest BCUT2D eigenvalue weighted by molar-refractivity contribution is 0.653. The number of aromatic nitrogens is 2. The third-order valence-corrected chi connectivity index (χ3v) is 13.1. The molecule has 11 aromatic rings. The molecule has 2 heterocycles. The Hall–Kier alpha value is -8.14. The normalized spacial score (nSPS) is 13.0. The van der Waals surface area contributed by atoms with Crippen LogP contribution >= 0.6 is 0 Å². The van der Waals surface area contributed by atoms with Crippen LogP contribution in [0, 0.1) is 0 Å². The number of rotatable bonds is 5. The molecule has 0 saturated heterocycles. The first-order valence-electron chi connectivity index (χ1n) is 21.2. The van der Waals surface area contributed by atoms with Gasteiger partial charge in [0.1, 0.15) is 5.58 Å². The Kier molecular flexibility index (Phi) is 7.52. The van der Waals surface area contributed by atoms with Crippen LogP contribution in [0.2, 0.25) is 0 Å². The predicted molar refractivity (Wildman–Crippen MR) is 253 cm³/mol. The third-order valence-electron chi connectivity index (χ3n) is 13.1. The van der Waals surface area contributed by atoms with Crippen LogP contribution in [-0.4, -0.2) is 9.97 Å². The van der Waals surface area contributed by atoms with Crippen LogP contribution in [0.4, 0.5) is 0 Å². The minimum absolute atomic E-state index is 0.412. The second-order valence-corrected chi connectivity index (χ2v) is 16.4. The zero-order valence-electron chi connectivity index (χ0n) is 33.6. The lowest BCUT2D eigenvalue weighted by atomic mass is 9.70. The van der Waals surface area contributed by atoms with Gasteiger partial charge in [-0.2, -0.15) is 4.98 Å². The highest BCUT2D eigenvalue weighted by Gasteiger charge is 2.52. The summed E-state index contributed by atoms with van der Waals surface area (Å²) < 4.78 is 6.75. The van der Waals surface area contributed by atoms with E-state index in [2.05, 4.69) is 212 Å². The van der Waals surface area contributed by atoms with Crippen molar-refractivity contribution in [3.63, 3.8) is 0 Å². The summed E-state index contributed by atoms with van der Waals surface area (Å²) in [5.74, 6) is 0.616. The van der Waals surface area contributed by atoms with E-state index in [0.717, 1.165) is 61.0 Å². The summed E-state index contributed by atoms with van der Waals surface area (Å²) in [5.41, 5.74) is 21.0. The number of benzene rings is 9.